The van der Waals surface area contributed by atoms with Gasteiger partial charge in [0.05, 0.1) is 0 Å². The Bertz CT molecular complexity index is 911. The smallest absolute Gasteiger partial charge is 0.317 e. The molecule has 1 saturated heterocycles. The Kier molecular flexibility index (Phi) is 6.86. The number of benzene rings is 2. The van der Waals surface area contributed by atoms with Crippen LogP contribution < -0.4 is 5.32 Å². The van der Waals surface area contributed by atoms with Gasteiger partial charge < -0.3 is 10.2 Å². The first kappa shape index (κ1) is 21.8. The molecule has 6 heteroatoms. The molecule has 31 heavy (non-hydrogen) atoms. The number of hydrogen-bond acceptors (Lipinski definition) is 2. The van der Waals surface area contributed by atoms with E-state index < -0.39 is 6.17 Å². The molecule has 0 bridgehead atoms. The molecule has 4 rings (SSSR count). The number of hydrogen-bond donors (Lipinski definition) is 1. The van der Waals surface area contributed by atoms with Crippen molar-refractivity contribution in [1.29, 1.82) is 0 Å². The zero-order valence-corrected chi connectivity index (χ0v) is 18.1. The number of carbonyl (C=O) groups excluding carboxylic acids is 1. The summed E-state index contributed by atoms with van der Waals surface area (Å²) in [6.45, 7) is 5.51. The molecule has 1 aliphatic carbocycles. The fourth-order valence-electron chi connectivity index (χ4n) is 4.90. The number of carbonyl (C=O) groups is 1. The molecule has 4 nitrogen and oxygen atoms in total. The molecule has 1 heterocycles. The summed E-state index contributed by atoms with van der Waals surface area (Å²) in [6.07, 6.45) is 0.879. The summed E-state index contributed by atoms with van der Waals surface area (Å²) in [5.74, 6) is -0.198. The van der Waals surface area contributed by atoms with Crippen molar-refractivity contribution in [1.82, 2.24) is 15.1 Å². The number of urea groups is 1. The predicted molar refractivity (Wildman–Crippen MR) is 119 cm³/mol. The normalized spacial score (nSPS) is 19.8. The molecule has 0 unspecified atom stereocenters. The van der Waals surface area contributed by atoms with Crippen LogP contribution in [0, 0.1) is 5.82 Å². The Morgan fingerprint density at radius 2 is 1.87 bits per heavy atom. The van der Waals surface area contributed by atoms with Crippen LogP contribution in [0.4, 0.5) is 13.6 Å². The molecule has 1 aliphatic heterocycles. The molecule has 2 atom stereocenters. The Balaban J connectivity index is 1.40. The SMILES string of the molecule is CCNC(=O)N1CCN(C[C@H](F)C[C@H]2Cc3cc(F)ccc3Cc3ccccc32)CC1. The third-order valence-electron chi connectivity index (χ3n) is 6.49. The molecule has 1 N–H and O–H groups in total. The molecule has 166 valence electrons. The van der Waals surface area contributed by atoms with Gasteiger partial charge in [0.15, 0.2) is 0 Å². The molecule has 2 aliphatic rings. The number of piperazine rings is 1. The highest BCUT2D eigenvalue weighted by atomic mass is 19.1. The number of nitrogens with zero attached hydrogens (tertiary/aromatic N) is 2. The molecule has 0 saturated carbocycles. The fourth-order valence-corrected chi connectivity index (χ4v) is 4.90. The van der Waals surface area contributed by atoms with Crippen LogP contribution in [-0.4, -0.2) is 61.3 Å². The van der Waals surface area contributed by atoms with E-state index in [9.17, 15) is 9.18 Å². The highest BCUT2D eigenvalue weighted by molar-refractivity contribution is 5.74. The van der Waals surface area contributed by atoms with Gasteiger partial charge in [-0.2, -0.15) is 0 Å². The minimum Gasteiger partial charge on any atom is -0.338 e. The lowest BCUT2D eigenvalue weighted by atomic mass is 9.87. The van der Waals surface area contributed by atoms with Crippen LogP contribution in [0.3, 0.4) is 0 Å². The maximum absolute atomic E-state index is 15.2. The zero-order valence-electron chi connectivity index (χ0n) is 18.1. The van der Waals surface area contributed by atoms with Crippen molar-refractivity contribution in [2.75, 3.05) is 39.3 Å². The first-order valence-corrected chi connectivity index (χ1v) is 11.3. The topological polar surface area (TPSA) is 35.6 Å². The van der Waals surface area contributed by atoms with Crippen molar-refractivity contribution in [3.8, 4) is 0 Å². The summed E-state index contributed by atoms with van der Waals surface area (Å²) >= 11 is 0. The number of amides is 2. The summed E-state index contributed by atoms with van der Waals surface area (Å²) in [5, 5.41) is 2.82. The third-order valence-corrected chi connectivity index (χ3v) is 6.49. The van der Waals surface area contributed by atoms with Crippen molar-refractivity contribution in [2.24, 2.45) is 0 Å². The Labute approximate surface area is 183 Å². The molecular weight excluding hydrogens is 396 g/mol. The number of fused-ring (bicyclic) bond motifs is 2. The molecule has 2 amide bonds. The summed E-state index contributed by atoms with van der Waals surface area (Å²) in [7, 11) is 0. The number of halogens is 2. The quantitative estimate of drug-likeness (QED) is 0.779. The van der Waals surface area contributed by atoms with E-state index in [0.29, 0.717) is 52.1 Å². The van der Waals surface area contributed by atoms with E-state index in [1.807, 2.05) is 25.1 Å². The van der Waals surface area contributed by atoms with E-state index in [-0.39, 0.29) is 17.8 Å². The van der Waals surface area contributed by atoms with E-state index >= 15 is 4.39 Å². The maximum atomic E-state index is 15.2. The van der Waals surface area contributed by atoms with Crippen molar-refractivity contribution in [2.45, 2.75) is 38.3 Å². The van der Waals surface area contributed by atoms with Crippen LogP contribution in [0.1, 0.15) is 41.5 Å². The van der Waals surface area contributed by atoms with Gasteiger partial charge in [-0.25, -0.2) is 13.6 Å². The van der Waals surface area contributed by atoms with E-state index in [0.717, 1.165) is 17.5 Å². The lowest BCUT2D eigenvalue weighted by Gasteiger charge is -2.35. The molecule has 0 aromatic heterocycles. The van der Waals surface area contributed by atoms with Crippen molar-refractivity contribution < 1.29 is 13.6 Å². The second kappa shape index (κ2) is 9.77. The molecular formula is C25H31F2N3O. The van der Waals surface area contributed by atoms with Gasteiger partial charge in [0, 0.05) is 39.3 Å². The van der Waals surface area contributed by atoms with E-state index in [4.69, 9.17) is 0 Å². The largest absolute Gasteiger partial charge is 0.338 e. The van der Waals surface area contributed by atoms with Crippen molar-refractivity contribution in [3.05, 3.63) is 70.5 Å². The number of nitrogens with one attached hydrogen (secondary N) is 1. The second-order valence-corrected chi connectivity index (χ2v) is 8.65. The van der Waals surface area contributed by atoms with Crippen LogP contribution in [0.15, 0.2) is 42.5 Å². The minimum absolute atomic E-state index is 0.0332. The average Bonchev–Trinajstić information content (AvgIpc) is 2.90. The van der Waals surface area contributed by atoms with Crippen molar-refractivity contribution >= 4 is 6.03 Å². The summed E-state index contributed by atoms with van der Waals surface area (Å²) in [5.41, 5.74) is 4.51. The van der Waals surface area contributed by atoms with Gasteiger partial charge in [0.1, 0.15) is 12.0 Å². The first-order valence-electron chi connectivity index (χ1n) is 11.3. The standard InChI is InChI=1S/C25H31F2N3O/c1-2-28-25(31)30-11-9-29(10-12-30)17-23(27)16-21-14-20-15-22(26)8-7-18(20)13-19-5-3-4-6-24(19)21/h3-8,15,21,23H,2,9-14,16-17H2,1H3,(H,28,31)/t21-,23-/m1/s1. The van der Waals surface area contributed by atoms with Gasteiger partial charge >= 0.3 is 6.03 Å². The zero-order chi connectivity index (χ0) is 21.8. The lowest BCUT2D eigenvalue weighted by molar-refractivity contribution is 0.113. The molecule has 2 aromatic rings. The van der Waals surface area contributed by atoms with Gasteiger partial charge in [-0.3, -0.25) is 4.90 Å². The molecule has 0 radical (unpaired) electrons. The minimum atomic E-state index is -0.968. The van der Waals surface area contributed by atoms with Gasteiger partial charge in [-0.05, 0) is 66.5 Å². The number of alkyl halides is 1. The van der Waals surface area contributed by atoms with Crippen LogP contribution in [0.2, 0.25) is 0 Å². The Morgan fingerprint density at radius 1 is 1.10 bits per heavy atom. The predicted octanol–water partition coefficient (Wildman–Crippen LogP) is 4.13. The van der Waals surface area contributed by atoms with Gasteiger partial charge in [0.25, 0.3) is 0 Å². The van der Waals surface area contributed by atoms with E-state index in [2.05, 4.69) is 22.3 Å². The lowest BCUT2D eigenvalue weighted by Crippen LogP contribution is -2.52. The van der Waals surface area contributed by atoms with Crippen molar-refractivity contribution in [3.63, 3.8) is 0 Å². The molecule has 0 spiro atoms. The van der Waals surface area contributed by atoms with E-state index in [1.165, 1.54) is 17.2 Å². The maximum Gasteiger partial charge on any atom is 0.317 e. The first-order chi connectivity index (χ1) is 15.0. The Hall–Kier alpha value is -2.47. The summed E-state index contributed by atoms with van der Waals surface area (Å²) in [4.78, 5) is 15.9. The number of rotatable bonds is 5. The molecule has 1 fully saturated rings. The van der Waals surface area contributed by atoms with Gasteiger partial charge in [-0.1, -0.05) is 30.3 Å². The Morgan fingerprint density at radius 3 is 2.65 bits per heavy atom. The third kappa shape index (κ3) is 5.24. The fraction of sp³-hybridized carbons (Fsp3) is 0.480. The van der Waals surface area contributed by atoms with Crippen LogP contribution in [0.25, 0.3) is 0 Å². The highest BCUT2D eigenvalue weighted by Gasteiger charge is 2.27. The average molecular weight is 428 g/mol. The second-order valence-electron chi connectivity index (χ2n) is 8.65. The van der Waals surface area contributed by atoms with Gasteiger partial charge in [0.2, 0.25) is 0 Å². The summed E-state index contributed by atoms with van der Waals surface area (Å²) in [6, 6.07) is 13.2. The highest BCUT2D eigenvalue weighted by Crippen LogP contribution is 2.35. The van der Waals surface area contributed by atoms with Crippen LogP contribution in [0.5, 0.6) is 0 Å². The van der Waals surface area contributed by atoms with Gasteiger partial charge in [-0.15, -0.1) is 0 Å². The molecule has 2 aromatic carbocycles. The summed E-state index contributed by atoms with van der Waals surface area (Å²) < 4.78 is 29.1. The van der Waals surface area contributed by atoms with E-state index in [1.54, 1.807) is 11.0 Å². The monoisotopic (exact) mass is 427 g/mol. The van der Waals surface area contributed by atoms with Crippen LogP contribution >= 0.6 is 0 Å². The van der Waals surface area contributed by atoms with Crippen LogP contribution in [-0.2, 0) is 12.8 Å².